The third kappa shape index (κ3) is 5.32. The van der Waals surface area contributed by atoms with Crippen molar-refractivity contribution in [3.63, 3.8) is 0 Å². The minimum absolute atomic E-state index is 0.0833. The fraction of sp³-hybridized carbons (Fsp3) is 0.696. The number of ether oxygens (including phenoxy) is 1. The molecule has 0 saturated carbocycles. The maximum atomic E-state index is 12.8. The monoisotopic (exact) mass is 415 g/mol. The molecule has 3 fully saturated rings. The van der Waals surface area contributed by atoms with Crippen molar-refractivity contribution < 1.29 is 9.53 Å². The fourth-order valence-corrected chi connectivity index (χ4v) is 4.92. The number of likely N-dealkylation sites (N-methyl/N-ethyl adjacent to an activating group) is 1. The number of nitrogens with one attached hydrogen (secondary N) is 1. The van der Waals surface area contributed by atoms with E-state index in [1.165, 1.54) is 31.6 Å². The third-order valence-electron chi connectivity index (χ3n) is 6.90. The lowest BCUT2D eigenvalue weighted by atomic mass is 10.0. The summed E-state index contributed by atoms with van der Waals surface area (Å²) in [6.07, 6.45) is 2.60. The highest BCUT2D eigenvalue weighted by Gasteiger charge is 2.30. The first-order valence-corrected chi connectivity index (χ1v) is 11.5. The summed E-state index contributed by atoms with van der Waals surface area (Å²) in [4.78, 5) is 22.5. The van der Waals surface area contributed by atoms with Gasteiger partial charge in [0.1, 0.15) is 0 Å². The van der Waals surface area contributed by atoms with E-state index in [2.05, 4.69) is 44.1 Å². The Morgan fingerprint density at radius 3 is 2.40 bits per heavy atom. The van der Waals surface area contributed by atoms with Gasteiger partial charge < -0.3 is 19.9 Å². The van der Waals surface area contributed by atoms with Crippen LogP contribution >= 0.6 is 0 Å². The molecule has 1 aromatic rings. The van der Waals surface area contributed by atoms with Crippen LogP contribution in [0.15, 0.2) is 24.3 Å². The van der Waals surface area contributed by atoms with E-state index in [1.807, 2.05) is 19.1 Å². The van der Waals surface area contributed by atoms with E-state index in [0.29, 0.717) is 6.04 Å². The van der Waals surface area contributed by atoms with Crippen LogP contribution in [0.2, 0.25) is 0 Å². The average Bonchev–Trinajstić information content (AvgIpc) is 2.80. The van der Waals surface area contributed by atoms with Crippen LogP contribution in [0.25, 0.3) is 0 Å². The molecular formula is C23H37N5O2. The van der Waals surface area contributed by atoms with E-state index >= 15 is 0 Å². The second-order valence-electron chi connectivity index (χ2n) is 8.94. The van der Waals surface area contributed by atoms with Gasteiger partial charge in [0.15, 0.2) is 0 Å². The van der Waals surface area contributed by atoms with Crippen molar-refractivity contribution in [1.82, 2.24) is 14.7 Å². The number of likely N-dealkylation sites (tertiary alicyclic amines) is 1. The summed E-state index contributed by atoms with van der Waals surface area (Å²) in [5.41, 5.74) is 2.06. The molecule has 2 atom stereocenters. The van der Waals surface area contributed by atoms with E-state index in [0.717, 1.165) is 58.2 Å². The highest BCUT2D eigenvalue weighted by Crippen LogP contribution is 2.20. The molecule has 3 heterocycles. The van der Waals surface area contributed by atoms with Crippen molar-refractivity contribution in [1.29, 1.82) is 0 Å². The zero-order chi connectivity index (χ0) is 20.9. The molecule has 0 spiro atoms. The first-order valence-electron chi connectivity index (χ1n) is 11.5. The number of hydrogen-bond acceptors (Lipinski definition) is 6. The number of piperazine rings is 1. The summed E-state index contributed by atoms with van der Waals surface area (Å²) in [6.45, 7) is 11.9. The van der Waals surface area contributed by atoms with Gasteiger partial charge in [-0.3, -0.25) is 14.6 Å². The maximum Gasteiger partial charge on any atom is 0.241 e. The van der Waals surface area contributed by atoms with Crippen LogP contribution in [0.1, 0.15) is 19.8 Å². The van der Waals surface area contributed by atoms with Crippen LogP contribution in [0.5, 0.6) is 0 Å². The van der Waals surface area contributed by atoms with Crippen LogP contribution in [-0.2, 0) is 9.53 Å². The molecule has 0 aromatic heterocycles. The quantitative estimate of drug-likeness (QED) is 0.788. The zero-order valence-electron chi connectivity index (χ0n) is 18.6. The van der Waals surface area contributed by atoms with Gasteiger partial charge in [0.2, 0.25) is 5.91 Å². The number of rotatable bonds is 5. The lowest BCUT2D eigenvalue weighted by Crippen LogP contribution is -2.57. The van der Waals surface area contributed by atoms with Crippen LogP contribution in [-0.4, -0.2) is 105 Å². The first-order chi connectivity index (χ1) is 14.6. The number of morpholine rings is 1. The van der Waals surface area contributed by atoms with Gasteiger partial charge in [-0.05, 0) is 57.6 Å². The molecule has 2 unspecified atom stereocenters. The van der Waals surface area contributed by atoms with Crippen molar-refractivity contribution in [2.75, 3.05) is 82.8 Å². The van der Waals surface area contributed by atoms with E-state index < -0.39 is 0 Å². The van der Waals surface area contributed by atoms with Crippen LogP contribution in [0.3, 0.4) is 0 Å². The molecule has 7 heteroatoms. The van der Waals surface area contributed by atoms with Gasteiger partial charge in [0.05, 0.1) is 19.3 Å². The smallest absolute Gasteiger partial charge is 0.241 e. The standard InChI is InChI=1S/C23H37N5O2/c1-19(26-10-12-27(13-11-26)22-4-3-9-25(2)18-22)23(29)24-20-5-7-21(8-6-20)28-14-16-30-17-15-28/h5-8,19,22H,3-4,9-18H2,1-2H3,(H,24,29). The lowest BCUT2D eigenvalue weighted by molar-refractivity contribution is -0.121. The summed E-state index contributed by atoms with van der Waals surface area (Å²) in [5, 5.41) is 3.11. The molecular weight excluding hydrogens is 378 g/mol. The second kappa shape index (κ2) is 10.1. The summed E-state index contributed by atoms with van der Waals surface area (Å²) in [5.74, 6) is 0.0833. The van der Waals surface area contributed by atoms with Gasteiger partial charge in [-0.1, -0.05) is 0 Å². The average molecular weight is 416 g/mol. The third-order valence-corrected chi connectivity index (χ3v) is 6.90. The number of hydrogen-bond donors (Lipinski definition) is 1. The SMILES string of the molecule is CC(C(=O)Nc1ccc(N2CCOCC2)cc1)N1CCN(C2CCCN(C)C2)CC1. The highest BCUT2D eigenvalue weighted by molar-refractivity contribution is 5.94. The fourth-order valence-electron chi connectivity index (χ4n) is 4.92. The van der Waals surface area contributed by atoms with Gasteiger partial charge in [-0.2, -0.15) is 0 Å². The van der Waals surface area contributed by atoms with Crippen molar-refractivity contribution >= 4 is 17.3 Å². The minimum atomic E-state index is -0.111. The summed E-state index contributed by atoms with van der Waals surface area (Å²) in [7, 11) is 2.22. The molecule has 3 aliphatic heterocycles. The number of anilines is 2. The Kier molecular flexibility index (Phi) is 7.25. The minimum Gasteiger partial charge on any atom is -0.378 e. The molecule has 3 saturated heterocycles. The number of nitrogens with zero attached hydrogens (tertiary/aromatic N) is 4. The molecule has 0 aliphatic carbocycles. The van der Waals surface area contributed by atoms with Crippen molar-refractivity contribution in [3.05, 3.63) is 24.3 Å². The van der Waals surface area contributed by atoms with E-state index in [-0.39, 0.29) is 11.9 Å². The number of carbonyl (C=O) groups is 1. The Balaban J connectivity index is 1.25. The number of carbonyl (C=O) groups excluding carboxylic acids is 1. The predicted octanol–water partition coefficient (Wildman–Crippen LogP) is 1.56. The molecule has 0 bridgehead atoms. The lowest BCUT2D eigenvalue weighted by Gasteiger charge is -2.43. The first kappa shape index (κ1) is 21.6. The van der Waals surface area contributed by atoms with Gasteiger partial charge in [-0.15, -0.1) is 0 Å². The predicted molar refractivity (Wildman–Crippen MR) is 121 cm³/mol. The number of amides is 1. The Morgan fingerprint density at radius 2 is 1.73 bits per heavy atom. The van der Waals surface area contributed by atoms with E-state index in [1.54, 1.807) is 0 Å². The van der Waals surface area contributed by atoms with Crippen molar-refractivity contribution in [3.8, 4) is 0 Å². The molecule has 4 rings (SSSR count). The summed E-state index contributed by atoms with van der Waals surface area (Å²) < 4.78 is 5.42. The topological polar surface area (TPSA) is 51.3 Å². The molecule has 1 amide bonds. The Labute approximate surface area is 180 Å². The summed E-state index contributed by atoms with van der Waals surface area (Å²) in [6, 6.07) is 8.76. The van der Waals surface area contributed by atoms with Gasteiger partial charge in [-0.25, -0.2) is 0 Å². The maximum absolute atomic E-state index is 12.8. The van der Waals surface area contributed by atoms with E-state index in [9.17, 15) is 4.79 Å². The molecule has 166 valence electrons. The molecule has 1 N–H and O–H groups in total. The van der Waals surface area contributed by atoms with Gasteiger partial charge >= 0.3 is 0 Å². The molecule has 7 nitrogen and oxygen atoms in total. The Morgan fingerprint density at radius 1 is 1.03 bits per heavy atom. The van der Waals surface area contributed by atoms with Gasteiger partial charge in [0.25, 0.3) is 0 Å². The normalized spacial score (nSPS) is 25.8. The van der Waals surface area contributed by atoms with Crippen LogP contribution in [0.4, 0.5) is 11.4 Å². The largest absolute Gasteiger partial charge is 0.378 e. The second-order valence-corrected chi connectivity index (χ2v) is 8.94. The van der Waals surface area contributed by atoms with Crippen molar-refractivity contribution in [2.45, 2.75) is 31.8 Å². The summed E-state index contributed by atoms with van der Waals surface area (Å²) >= 11 is 0. The Bertz CT molecular complexity index is 683. The highest BCUT2D eigenvalue weighted by atomic mass is 16.5. The molecule has 3 aliphatic rings. The van der Waals surface area contributed by atoms with Crippen LogP contribution in [0, 0.1) is 0 Å². The van der Waals surface area contributed by atoms with Crippen LogP contribution < -0.4 is 10.2 Å². The Hall–Kier alpha value is -1.67. The van der Waals surface area contributed by atoms with E-state index in [4.69, 9.17) is 4.74 Å². The van der Waals surface area contributed by atoms with Gasteiger partial charge in [0, 0.05) is 63.2 Å². The molecule has 0 radical (unpaired) electrons. The number of piperidine rings is 1. The number of benzene rings is 1. The zero-order valence-corrected chi connectivity index (χ0v) is 18.6. The molecule has 30 heavy (non-hydrogen) atoms. The molecule has 1 aromatic carbocycles. The van der Waals surface area contributed by atoms with Crippen molar-refractivity contribution in [2.24, 2.45) is 0 Å².